The number of allylic oxidation sites excluding steroid dienone is 1. The Morgan fingerprint density at radius 1 is 1.24 bits per heavy atom. The van der Waals surface area contributed by atoms with Gasteiger partial charge >= 0.3 is 0 Å². The molecule has 0 saturated heterocycles. The third-order valence-corrected chi connectivity index (χ3v) is 7.31. The second kappa shape index (κ2) is 8.60. The van der Waals surface area contributed by atoms with Crippen molar-refractivity contribution in [3.63, 3.8) is 0 Å². The summed E-state index contributed by atoms with van der Waals surface area (Å²) < 4.78 is 79.8. The molecule has 2 aromatic rings. The van der Waals surface area contributed by atoms with Gasteiger partial charge in [-0.15, -0.1) is 0 Å². The molecule has 9 heteroatoms. The molecule has 174 valence electrons. The van der Waals surface area contributed by atoms with E-state index in [2.05, 4.69) is 0 Å². The van der Waals surface area contributed by atoms with Crippen LogP contribution in [0, 0.1) is 23.0 Å². The summed E-state index contributed by atoms with van der Waals surface area (Å²) in [7, 11) is -2.72. The lowest BCUT2D eigenvalue weighted by atomic mass is 9.78. The summed E-state index contributed by atoms with van der Waals surface area (Å²) in [5.41, 5.74) is 2.07. The van der Waals surface area contributed by atoms with E-state index in [1.165, 1.54) is 13.2 Å². The molecule has 2 aromatic carbocycles. The third-order valence-electron chi connectivity index (χ3n) is 6.15. The monoisotopic (exact) mass is 477 g/mol. The highest BCUT2D eigenvalue weighted by molar-refractivity contribution is 7.90. The van der Waals surface area contributed by atoms with E-state index in [1.54, 1.807) is 6.08 Å². The van der Waals surface area contributed by atoms with Crippen LogP contribution in [-0.4, -0.2) is 34.7 Å². The molecule has 0 amide bonds. The van der Waals surface area contributed by atoms with Gasteiger partial charge in [-0.05, 0) is 52.8 Å². The van der Waals surface area contributed by atoms with Gasteiger partial charge in [-0.2, -0.15) is 5.26 Å². The molecule has 3 atom stereocenters. The number of benzene rings is 2. The number of alkyl halides is 1. The van der Waals surface area contributed by atoms with Gasteiger partial charge < -0.3 is 9.47 Å². The topological polar surface area (TPSA) is 76.4 Å². The lowest BCUT2D eigenvalue weighted by Gasteiger charge is -2.26. The summed E-state index contributed by atoms with van der Waals surface area (Å²) >= 11 is 0. The fraction of sp³-hybridized carbons (Fsp3) is 0.375. The Balaban J connectivity index is 2.03. The van der Waals surface area contributed by atoms with Crippen molar-refractivity contribution in [1.82, 2.24) is 0 Å². The average Bonchev–Trinajstić information content (AvgIpc) is 3.06. The van der Waals surface area contributed by atoms with E-state index in [9.17, 15) is 18.1 Å². The average molecular weight is 478 g/mol. The SMILES string of the molecule is COCO[C@H]1c2c(c(C3=CC[C@@H](C)c4cc(F)cc(C#N)c43)cc(F)c2S(C)(=O)=O)C[C@H]1F. The first-order chi connectivity index (χ1) is 15.6. The van der Waals surface area contributed by atoms with Crippen LogP contribution in [0.5, 0.6) is 0 Å². The largest absolute Gasteiger partial charge is 0.359 e. The summed E-state index contributed by atoms with van der Waals surface area (Å²) in [6.45, 7) is 1.58. The van der Waals surface area contributed by atoms with Gasteiger partial charge in [-0.3, -0.25) is 0 Å². The smallest absolute Gasteiger partial charge is 0.178 e. The first-order valence-corrected chi connectivity index (χ1v) is 12.2. The molecule has 0 radical (unpaired) electrons. The van der Waals surface area contributed by atoms with Gasteiger partial charge in [0.05, 0.1) is 11.6 Å². The molecule has 0 spiro atoms. The highest BCUT2D eigenvalue weighted by atomic mass is 32.2. The molecule has 0 N–H and O–H groups in total. The molecule has 0 aliphatic heterocycles. The van der Waals surface area contributed by atoms with E-state index < -0.39 is 38.6 Å². The Hall–Kier alpha value is -2.67. The molecule has 5 nitrogen and oxygen atoms in total. The van der Waals surface area contributed by atoms with Gasteiger partial charge in [0.15, 0.2) is 9.84 Å². The zero-order valence-electron chi connectivity index (χ0n) is 18.3. The summed E-state index contributed by atoms with van der Waals surface area (Å²) in [5.74, 6) is -1.68. The van der Waals surface area contributed by atoms with Crippen LogP contribution in [0.15, 0.2) is 29.2 Å². The summed E-state index contributed by atoms with van der Waals surface area (Å²) in [6, 6.07) is 5.51. The van der Waals surface area contributed by atoms with Crippen molar-refractivity contribution in [2.75, 3.05) is 20.2 Å². The molecule has 2 aliphatic rings. The van der Waals surface area contributed by atoms with Crippen molar-refractivity contribution < 1.29 is 31.1 Å². The van der Waals surface area contributed by atoms with Gasteiger partial charge in [0, 0.05) is 30.9 Å². The zero-order valence-corrected chi connectivity index (χ0v) is 19.1. The van der Waals surface area contributed by atoms with Gasteiger partial charge in [-0.1, -0.05) is 13.0 Å². The van der Waals surface area contributed by atoms with Crippen molar-refractivity contribution in [3.8, 4) is 6.07 Å². The maximum absolute atomic E-state index is 15.3. The number of rotatable bonds is 5. The minimum absolute atomic E-state index is 0.0706. The lowest BCUT2D eigenvalue weighted by Crippen LogP contribution is -2.17. The number of halogens is 3. The van der Waals surface area contributed by atoms with E-state index in [0.717, 1.165) is 18.4 Å². The fourth-order valence-electron chi connectivity index (χ4n) is 4.81. The van der Waals surface area contributed by atoms with Gasteiger partial charge in [0.25, 0.3) is 0 Å². The van der Waals surface area contributed by atoms with Crippen molar-refractivity contribution in [2.45, 2.75) is 42.9 Å². The fourth-order valence-corrected chi connectivity index (χ4v) is 5.87. The molecule has 4 rings (SSSR count). The summed E-state index contributed by atoms with van der Waals surface area (Å²) in [6.07, 6.45) is -0.000802. The number of nitrogens with zero attached hydrogens (tertiary/aromatic N) is 1. The van der Waals surface area contributed by atoms with E-state index >= 15 is 8.78 Å². The predicted molar refractivity (Wildman–Crippen MR) is 115 cm³/mol. The molecule has 33 heavy (non-hydrogen) atoms. The molecule has 0 fully saturated rings. The maximum Gasteiger partial charge on any atom is 0.178 e. The van der Waals surface area contributed by atoms with Crippen LogP contribution in [0.4, 0.5) is 13.2 Å². The number of hydrogen-bond donors (Lipinski definition) is 0. The normalized spacial score (nSPS) is 21.8. The summed E-state index contributed by atoms with van der Waals surface area (Å²) in [4.78, 5) is -0.605. The minimum atomic E-state index is -4.06. The van der Waals surface area contributed by atoms with E-state index in [-0.39, 0.29) is 35.8 Å². The highest BCUT2D eigenvalue weighted by Crippen LogP contribution is 2.48. The van der Waals surface area contributed by atoms with Gasteiger partial charge in [-0.25, -0.2) is 21.6 Å². The van der Waals surface area contributed by atoms with Crippen molar-refractivity contribution in [1.29, 1.82) is 5.26 Å². The van der Waals surface area contributed by atoms with Crippen LogP contribution in [0.3, 0.4) is 0 Å². The first kappa shape index (κ1) is 23.5. The van der Waals surface area contributed by atoms with E-state index in [1.807, 2.05) is 13.0 Å². The quantitative estimate of drug-likeness (QED) is 0.582. The number of hydrogen-bond acceptors (Lipinski definition) is 5. The molecule has 0 unspecified atom stereocenters. The van der Waals surface area contributed by atoms with Crippen molar-refractivity contribution in [2.24, 2.45) is 0 Å². The predicted octanol–water partition coefficient (Wildman–Crippen LogP) is 4.73. The Morgan fingerprint density at radius 3 is 2.61 bits per heavy atom. The van der Waals surface area contributed by atoms with E-state index in [4.69, 9.17) is 9.47 Å². The highest BCUT2D eigenvalue weighted by Gasteiger charge is 2.42. The minimum Gasteiger partial charge on any atom is -0.359 e. The Morgan fingerprint density at radius 2 is 1.97 bits per heavy atom. The van der Waals surface area contributed by atoms with Crippen LogP contribution in [0.1, 0.15) is 58.7 Å². The molecule has 0 heterocycles. The molecule has 0 aromatic heterocycles. The van der Waals surface area contributed by atoms with Crippen LogP contribution < -0.4 is 0 Å². The van der Waals surface area contributed by atoms with Crippen LogP contribution in [0.25, 0.3) is 5.57 Å². The Kier molecular flexibility index (Phi) is 6.12. The Bertz CT molecular complexity index is 1310. The second-order valence-electron chi connectivity index (χ2n) is 8.40. The van der Waals surface area contributed by atoms with Crippen LogP contribution in [-0.2, 0) is 25.7 Å². The van der Waals surface area contributed by atoms with Gasteiger partial charge in [0.2, 0.25) is 0 Å². The molecule has 2 aliphatic carbocycles. The second-order valence-corrected chi connectivity index (χ2v) is 10.3. The van der Waals surface area contributed by atoms with Gasteiger partial charge in [0.1, 0.15) is 35.6 Å². The molecular weight excluding hydrogens is 455 g/mol. The first-order valence-electron chi connectivity index (χ1n) is 10.3. The number of sulfone groups is 1. The Labute approximate surface area is 190 Å². The molecule has 0 saturated carbocycles. The maximum atomic E-state index is 15.3. The number of ether oxygens (including phenoxy) is 2. The lowest BCUT2D eigenvalue weighted by molar-refractivity contribution is -0.0940. The van der Waals surface area contributed by atoms with Crippen LogP contribution in [0.2, 0.25) is 0 Å². The molecule has 0 bridgehead atoms. The summed E-state index contributed by atoms with van der Waals surface area (Å²) in [5, 5.41) is 9.66. The van der Waals surface area contributed by atoms with Crippen molar-refractivity contribution >= 4 is 15.4 Å². The number of fused-ring (bicyclic) bond motifs is 2. The standard InChI is InChI=1S/C24H22F3NO4S/c1-12-4-5-15(21-13(10-28)6-14(25)7-16(12)21)17-8-20(27)24(33(3,29)30)22-18(17)9-19(26)23(22)32-11-31-2/h5-8,12,19,23H,4,9,11H2,1-3H3/t12-,19-,23-/m1/s1. The van der Waals surface area contributed by atoms with E-state index in [0.29, 0.717) is 28.7 Å². The van der Waals surface area contributed by atoms with Crippen LogP contribution >= 0.6 is 0 Å². The number of methoxy groups -OCH3 is 1. The number of nitriles is 1. The molecular formula is C24H22F3NO4S. The zero-order chi connectivity index (χ0) is 24.1. The van der Waals surface area contributed by atoms with Crippen molar-refractivity contribution in [3.05, 3.63) is 69.3 Å². The third kappa shape index (κ3) is 3.97.